The van der Waals surface area contributed by atoms with E-state index in [4.69, 9.17) is 28.2 Å². The fourth-order valence-corrected chi connectivity index (χ4v) is 4.65. The maximum atomic E-state index is 12.3. The number of imidazole rings is 1. The van der Waals surface area contributed by atoms with Gasteiger partial charge in [-0.3, -0.25) is 4.98 Å². The molecular weight excluding hydrogens is 453 g/mol. The Labute approximate surface area is 202 Å². The minimum absolute atomic E-state index is 0.604. The highest BCUT2D eigenvalue weighted by Gasteiger charge is 2.36. The van der Waals surface area contributed by atoms with Crippen LogP contribution < -0.4 is 0 Å². The van der Waals surface area contributed by atoms with Crippen molar-refractivity contribution in [2.45, 2.75) is 12.5 Å². The number of aliphatic hydroxyl groups is 1. The first-order valence-electron chi connectivity index (χ1n) is 10.5. The number of nitrogens with zero attached hydrogens (tertiary/aromatic N) is 3. The Balaban J connectivity index is 1.80. The van der Waals surface area contributed by atoms with Gasteiger partial charge in [0, 0.05) is 28.2 Å². The van der Waals surface area contributed by atoms with E-state index in [1.165, 1.54) is 0 Å². The summed E-state index contributed by atoms with van der Waals surface area (Å²) in [4.78, 5) is 8.98. The molecule has 5 aromatic rings. The summed E-state index contributed by atoms with van der Waals surface area (Å²) in [5, 5.41) is 14.5. The molecule has 33 heavy (non-hydrogen) atoms. The van der Waals surface area contributed by atoms with E-state index < -0.39 is 5.60 Å². The van der Waals surface area contributed by atoms with Crippen molar-refractivity contribution in [1.29, 1.82) is 0 Å². The number of pyridine rings is 1. The molecule has 0 saturated carbocycles. The Morgan fingerprint density at radius 3 is 2.33 bits per heavy atom. The van der Waals surface area contributed by atoms with Gasteiger partial charge in [-0.05, 0) is 71.6 Å². The van der Waals surface area contributed by atoms with Gasteiger partial charge in [0.05, 0.1) is 23.7 Å². The molecule has 0 saturated heterocycles. The Hall–Kier alpha value is -3.18. The highest BCUT2D eigenvalue weighted by atomic mass is 35.5. The lowest BCUT2D eigenvalue weighted by molar-refractivity contribution is 0.117. The average molecular weight is 474 g/mol. The van der Waals surface area contributed by atoms with Crippen LogP contribution in [0.25, 0.3) is 22.0 Å². The number of halogens is 2. The third-order valence-corrected chi connectivity index (χ3v) is 6.43. The van der Waals surface area contributed by atoms with Crippen LogP contribution in [0.2, 0.25) is 10.0 Å². The first-order chi connectivity index (χ1) is 15.9. The molecule has 164 valence electrons. The molecule has 1 N–H and O–H groups in total. The lowest BCUT2D eigenvalue weighted by Gasteiger charge is -2.30. The normalized spacial score (nSPS) is 13.2. The van der Waals surface area contributed by atoms with Crippen molar-refractivity contribution < 1.29 is 5.11 Å². The van der Waals surface area contributed by atoms with E-state index in [1.807, 2.05) is 79.2 Å². The SMILES string of the molecule is Cc1cc(-c2cccc(Cl)c2)c2cc(C(O)(c3ccc(Cl)cc3)c3cncn3C)ccc2n1. The largest absolute Gasteiger partial charge is 0.374 e. The molecule has 1 unspecified atom stereocenters. The molecule has 0 fully saturated rings. The predicted octanol–water partition coefficient (Wildman–Crippen LogP) is 6.53. The predicted molar refractivity (Wildman–Crippen MR) is 134 cm³/mol. The Morgan fingerprint density at radius 1 is 0.879 bits per heavy atom. The zero-order valence-corrected chi connectivity index (χ0v) is 19.6. The van der Waals surface area contributed by atoms with Crippen LogP contribution in [0.4, 0.5) is 0 Å². The molecule has 0 radical (unpaired) electrons. The summed E-state index contributed by atoms with van der Waals surface area (Å²) in [7, 11) is 1.87. The Morgan fingerprint density at radius 2 is 1.64 bits per heavy atom. The molecule has 4 nitrogen and oxygen atoms in total. The maximum absolute atomic E-state index is 12.3. The van der Waals surface area contributed by atoms with Crippen LogP contribution in [0.15, 0.2) is 85.3 Å². The van der Waals surface area contributed by atoms with Crippen LogP contribution in [0.5, 0.6) is 0 Å². The highest BCUT2D eigenvalue weighted by Crippen LogP contribution is 2.39. The molecule has 0 aliphatic rings. The van der Waals surface area contributed by atoms with Crippen molar-refractivity contribution >= 4 is 34.1 Å². The van der Waals surface area contributed by atoms with Crippen LogP contribution in [0.1, 0.15) is 22.5 Å². The van der Waals surface area contributed by atoms with Crippen molar-refractivity contribution in [3.63, 3.8) is 0 Å². The van der Waals surface area contributed by atoms with Gasteiger partial charge < -0.3 is 9.67 Å². The van der Waals surface area contributed by atoms with Gasteiger partial charge in [-0.25, -0.2) is 4.98 Å². The van der Waals surface area contributed by atoms with Crippen molar-refractivity contribution in [1.82, 2.24) is 14.5 Å². The molecule has 0 spiro atoms. The van der Waals surface area contributed by atoms with Crippen molar-refractivity contribution in [2.24, 2.45) is 7.05 Å². The molecule has 0 aliphatic heterocycles. The fraction of sp³-hybridized carbons (Fsp3) is 0.111. The molecule has 5 rings (SSSR count). The van der Waals surface area contributed by atoms with Gasteiger partial charge in [0.1, 0.15) is 0 Å². The number of hydrogen-bond donors (Lipinski definition) is 1. The van der Waals surface area contributed by atoms with Crippen LogP contribution in [0.3, 0.4) is 0 Å². The van der Waals surface area contributed by atoms with E-state index in [0.717, 1.165) is 27.7 Å². The third-order valence-electron chi connectivity index (χ3n) is 5.94. The van der Waals surface area contributed by atoms with Gasteiger partial charge in [0.2, 0.25) is 0 Å². The van der Waals surface area contributed by atoms with E-state index in [9.17, 15) is 5.11 Å². The first kappa shape index (κ1) is 21.7. The average Bonchev–Trinajstić information content (AvgIpc) is 3.24. The van der Waals surface area contributed by atoms with E-state index in [1.54, 1.807) is 24.7 Å². The van der Waals surface area contributed by atoms with Crippen molar-refractivity contribution in [3.05, 3.63) is 118 Å². The van der Waals surface area contributed by atoms with Gasteiger partial charge in [-0.15, -0.1) is 0 Å². The summed E-state index contributed by atoms with van der Waals surface area (Å²) in [5.41, 5.74) is 4.35. The third kappa shape index (κ3) is 3.80. The smallest absolute Gasteiger partial charge is 0.156 e. The number of aromatic nitrogens is 3. The second kappa shape index (κ2) is 8.31. The molecule has 6 heteroatoms. The molecule has 2 heterocycles. The zero-order chi connectivity index (χ0) is 23.2. The highest BCUT2D eigenvalue weighted by molar-refractivity contribution is 6.31. The van der Waals surface area contributed by atoms with Gasteiger partial charge >= 0.3 is 0 Å². The number of fused-ring (bicyclic) bond motifs is 1. The Bertz CT molecular complexity index is 1480. The van der Waals surface area contributed by atoms with E-state index in [-0.39, 0.29) is 0 Å². The number of rotatable bonds is 4. The lowest BCUT2D eigenvalue weighted by Crippen LogP contribution is -2.31. The number of benzene rings is 3. The molecular formula is C27H21Cl2N3O. The maximum Gasteiger partial charge on any atom is 0.156 e. The number of hydrogen-bond acceptors (Lipinski definition) is 3. The fourth-order valence-electron chi connectivity index (χ4n) is 4.34. The Kier molecular flexibility index (Phi) is 5.45. The monoisotopic (exact) mass is 473 g/mol. The summed E-state index contributed by atoms with van der Waals surface area (Å²) < 4.78 is 1.82. The van der Waals surface area contributed by atoms with Crippen molar-refractivity contribution in [3.8, 4) is 11.1 Å². The topological polar surface area (TPSA) is 50.9 Å². The molecule has 0 aliphatic carbocycles. The van der Waals surface area contributed by atoms with Gasteiger partial charge in [0.25, 0.3) is 0 Å². The quantitative estimate of drug-likeness (QED) is 0.322. The van der Waals surface area contributed by atoms with Crippen LogP contribution in [-0.4, -0.2) is 19.6 Å². The van der Waals surface area contributed by atoms with Gasteiger partial charge in [-0.2, -0.15) is 0 Å². The zero-order valence-electron chi connectivity index (χ0n) is 18.1. The minimum atomic E-state index is -1.44. The molecule has 1 atom stereocenters. The van der Waals surface area contributed by atoms with Gasteiger partial charge in [-0.1, -0.05) is 53.5 Å². The van der Waals surface area contributed by atoms with Crippen LogP contribution in [0, 0.1) is 6.92 Å². The molecule has 0 amide bonds. The van der Waals surface area contributed by atoms with Gasteiger partial charge in [0.15, 0.2) is 5.60 Å². The first-order valence-corrected chi connectivity index (χ1v) is 11.2. The summed E-state index contributed by atoms with van der Waals surface area (Å²) >= 11 is 12.4. The second-order valence-electron chi connectivity index (χ2n) is 8.16. The lowest BCUT2D eigenvalue weighted by atomic mass is 9.82. The summed E-state index contributed by atoms with van der Waals surface area (Å²) in [6.45, 7) is 1.97. The van der Waals surface area contributed by atoms with Crippen LogP contribution in [-0.2, 0) is 12.6 Å². The van der Waals surface area contributed by atoms with E-state index in [0.29, 0.717) is 26.9 Å². The summed E-state index contributed by atoms with van der Waals surface area (Å²) in [6.07, 6.45) is 3.36. The summed E-state index contributed by atoms with van der Waals surface area (Å²) in [5.74, 6) is 0. The summed E-state index contributed by atoms with van der Waals surface area (Å²) in [6, 6.07) is 22.9. The van der Waals surface area contributed by atoms with E-state index >= 15 is 0 Å². The molecule has 2 aromatic heterocycles. The minimum Gasteiger partial charge on any atom is -0.374 e. The van der Waals surface area contributed by atoms with E-state index in [2.05, 4.69) is 4.98 Å². The second-order valence-corrected chi connectivity index (χ2v) is 9.03. The number of aryl methyl sites for hydroxylation is 2. The molecule has 0 bridgehead atoms. The van der Waals surface area contributed by atoms with Crippen LogP contribution >= 0.6 is 23.2 Å². The van der Waals surface area contributed by atoms with Crippen molar-refractivity contribution in [2.75, 3.05) is 0 Å². The molecule has 3 aromatic carbocycles. The standard InChI is InChI=1S/C27H21Cl2N3O/c1-17-12-23(18-4-3-5-22(29)13-18)24-14-20(8-11-25(24)31-17)27(33,26-15-30-16-32(26)2)19-6-9-21(28)10-7-19/h3-16,33H,1-2H3.